The number of fused-ring (bicyclic) bond motifs is 2. The first kappa shape index (κ1) is 24.7. The third-order valence-electron chi connectivity index (χ3n) is 5.47. The number of aromatic amines is 1. The van der Waals surface area contributed by atoms with E-state index in [-0.39, 0.29) is 34.5 Å². The SMILES string of the molecule is O=C(CN(c1ccc(F)cc1)S(=O)(=O)c1ccc2c(c1)OCCO2)N=Nc1c(O)[nH]c2ccc(Br)cc12. The topological polar surface area (TPSA) is 134 Å². The fourth-order valence-corrected chi connectivity index (χ4v) is 5.52. The quantitative estimate of drug-likeness (QED) is 0.303. The molecule has 0 atom stereocenters. The molecule has 1 aliphatic heterocycles. The molecular weight excluding hydrogens is 571 g/mol. The van der Waals surface area contributed by atoms with Gasteiger partial charge in [-0.15, -0.1) is 10.2 Å². The maximum Gasteiger partial charge on any atom is 0.285 e. The summed E-state index contributed by atoms with van der Waals surface area (Å²) in [5.74, 6) is -1.16. The number of halogens is 2. The average molecular weight is 589 g/mol. The Kier molecular flexibility index (Phi) is 6.56. The number of carbonyl (C=O) groups is 1. The molecule has 0 fully saturated rings. The van der Waals surface area contributed by atoms with Crippen LogP contribution < -0.4 is 13.8 Å². The predicted molar refractivity (Wildman–Crippen MR) is 136 cm³/mol. The van der Waals surface area contributed by atoms with Crippen LogP contribution in [0.15, 0.2) is 80.3 Å². The van der Waals surface area contributed by atoms with Crippen molar-refractivity contribution >= 4 is 54.1 Å². The summed E-state index contributed by atoms with van der Waals surface area (Å²) in [4.78, 5) is 15.4. The van der Waals surface area contributed by atoms with Crippen LogP contribution in [0.2, 0.25) is 0 Å². The first-order valence-electron chi connectivity index (χ1n) is 10.8. The molecule has 3 aromatic carbocycles. The van der Waals surface area contributed by atoms with Crippen molar-refractivity contribution in [1.29, 1.82) is 0 Å². The summed E-state index contributed by atoms with van der Waals surface area (Å²) >= 11 is 3.33. The van der Waals surface area contributed by atoms with Gasteiger partial charge in [-0.05, 0) is 54.6 Å². The fourth-order valence-electron chi connectivity index (χ4n) is 3.73. The molecule has 5 rings (SSSR count). The van der Waals surface area contributed by atoms with Gasteiger partial charge in [0, 0.05) is 15.9 Å². The number of aromatic nitrogens is 1. The van der Waals surface area contributed by atoms with Crippen molar-refractivity contribution in [2.24, 2.45) is 10.2 Å². The lowest BCUT2D eigenvalue weighted by Crippen LogP contribution is -2.35. The number of aromatic hydroxyl groups is 1. The number of rotatable bonds is 6. The van der Waals surface area contributed by atoms with Crippen LogP contribution >= 0.6 is 15.9 Å². The third-order valence-corrected chi connectivity index (χ3v) is 7.73. The Bertz CT molecular complexity index is 1640. The van der Waals surface area contributed by atoms with Crippen LogP contribution in [0.3, 0.4) is 0 Å². The lowest BCUT2D eigenvalue weighted by atomic mass is 10.2. The van der Waals surface area contributed by atoms with Crippen molar-refractivity contribution in [1.82, 2.24) is 4.98 Å². The molecule has 0 saturated heterocycles. The van der Waals surface area contributed by atoms with Gasteiger partial charge in [0.1, 0.15) is 25.6 Å². The number of benzene rings is 3. The fraction of sp³-hybridized carbons (Fsp3) is 0.125. The van der Waals surface area contributed by atoms with E-state index in [1.165, 1.54) is 30.3 Å². The van der Waals surface area contributed by atoms with E-state index >= 15 is 0 Å². The second-order valence-electron chi connectivity index (χ2n) is 7.90. The monoisotopic (exact) mass is 588 g/mol. The van der Waals surface area contributed by atoms with Gasteiger partial charge in [-0.25, -0.2) is 12.8 Å². The molecule has 190 valence electrons. The third kappa shape index (κ3) is 5.00. The van der Waals surface area contributed by atoms with E-state index in [0.29, 0.717) is 23.3 Å². The molecule has 2 N–H and O–H groups in total. The lowest BCUT2D eigenvalue weighted by Gasteiger charge is -2.24. The highest BCUT2D eigenvalue weighted by Crippen LogP contribution is 2.37. The van der Waals surface area contributed by atoms with Crippen molar-refractivity contribution in [2.45, 2.75) is 4.90 Å². The first-order valence-corrected chi connectivity index (χ1v) is 13.1. The standard InChI is InChI=1S/C24H18BrFN4O6S/c25-14-1-7-19-18(11-14)23(24(32)27-19)29-28-22(31)13-30(16-4-2-15(26)3-5-16)37(33,34)17-6-8-20-21(12-17)36-10-9-35-20/h1-8,11-12,27,32H,9-10,13H2. The lowest BCUT2D eigenvalue weighted by molar-refractivity contribution is -0.116. The molecule has 2 heterocycles. The number of H-pyrrole nitrogens is 1. The minimum Gasteiger partial charge on any atom is -0.493 e. The van der Waals surface area contributed by atoms with Crippen molar-refractivity contribution in [3.05, 3.63) is 71.0 Å². The number of hydrogen-bond acceptors (Lipinski definition) is 7. The van der Waals surface area contributed by atoms with E-state index in [2.05, 4.69) is 31.1 Å². The number of sulfonamides is 1. The van der Waals surface area contributed by atoms with Gasteiger partial charge in [-0.3, -0.25) is 9.10 Å². The smallest absolute Gasteiger partial charge is 0.285 e. The van der Waals surface area contributed by atoms with E-state index in [0.717, 1.165) is 20.9 Å². The maximum atomic E-state index is 13.6. The Morgan fingerprint density at radius 3 is 2.54 bits per heavy atom. The zero-order valence-electron chi connectivity index (χ0n) is 18.9. The van der Waals surface area contributed by atoms with Crippen molar-refractivity contribution in [3.63, 3.8) is 0 Å². The Labute approximate surface area is 218 Å². The summed E-state index contributed by atoms with van der Waals surface area (Å²) in [5.41, 5.74) is 0.627. The van der Waals surface area contributed by atoms with Gasteiger partial charge in [-0.1, -0.05) is 15.9 Å². The molecule has 37 heavy (non-hydrogen) atoms. The molecule has 0 unspecified atom stereocenters. The molecule has 0 saturated carbocycles. The zero-order valence-corrected chi connectivity index (χ0v) is 21.3. The van der Waals surface area contributed by atoms with Crippen LogP contribution in [0, 0.1) is 5.82 Å². The van der Waals surface area contributed by atoms with Crippen LogP contribution in [-0.4, -0.2) is 44.2 Å². The average Bonchev–Trinajstić information content (AvgIpc) is 3.20. The molecule has 0 radical (unpaired) electrons. The number of hydrogen-bond donors (Lipinski definition) is 2. The number of nitrogens with one attached hydrogen (secondary N) is 1. The van der Waals surface area contributed by atoms with Gasteiger partial charge in [-0.2, -0.15) is 0 Å². The van der Waals surface area contributed by atoms with Gasteiger partial charge >= 0.3 is 0 Å². The molecule has 1 aromatic heterocycles. The number of azo groups is 1. The van der Waals surface area contributed by atoms with E-state index in [1.54, 1.807) is 18.2 Å². The molecular formula is C24H18BrFN4O6S. The van der Waals surface area contributed by atoms with Crippen LogP contribution in [0.1, 0.15) is 0 Å². The summed E-state index contributed by atoms with van der Waals surface area (Å²) < 4.78 is 53.2. The summed E-state index contributed by atoms with van der Waals surface area (Å²) in [6.45, 7) is -0.143. The zero-order chi connectivity index (χ0) is 26.2. The maximum absolute atomic E-state index is 13.6. The second-order valence-corrected chi connectivity index (χ2v) is 10.7. The molecule has 13 heteroatoms. The van der Waals surface area contributed by atoms with Gasteiger partial charge < -0.3 is 19.6 Å². The van der Waals surface area contributed by atoms with E-state index in [9.17, 15) is 22.7 Å². The Morgan fingerprint density at radius 2 is 1.78 bits per heavy atom. The minimum absolute atomic E-state index is 0.0210. The summed E-state index contributed by atoms with van der Waals surface area (Å²) in [6.07, 6.45) is 0. The number of nitrogens with zero attached hydrogens (tertiary/aromatic N) is 3. The minimum atomic E-state index is -4.33. The Hall–Kier alpha value is -3.97. The number of anilines is 1. The number of ether oxygens (including phenoxy) is 2. The van der Waals surface area contributed by atoms with Crippen molar-refractivity contribution in [2.75, 3.05) is 24.1 Å². The molecule has 1 amide bonds. The Morgan fingerprint density at radius 1 is 1.05 bits per heavy atom. The molecule has 4 aromatic rings. The highest BCUT2D eigenvalue weighted by molar-refractivity contribution is 9.10. The molecule has 1 aliphatic rings. The van der Waals surface area contributed by atoms with Crippen LogP contribution in [0.4, 0.5) is 15.8 Å². The van der Waals surface area contributed by atoms with Gasteiger partial charge in [0.05, 0.1) is 16.1 Å². The number of carbonyl (C=O) groups excluding carboxylic acids is 1. The second kappa shape index (κ2) is 9.82. The van der Waals surface area contributed by atoms with Gasteiger partial charge in [0.15, 0.2) is 17.2 Å². The highest BCUT2D eigenvalue weighted by atomic mass is 79.9. The largest absolute Gasteiger partial charge is 0.493 e. The predicted octanol–water partition coefficient (Wildman–Crippen LogP) is 5.05. The molecule has 0 aliphatic carbocycles. The first-order chi connectivity index (χ1) is 17.7. The molecule has 10 nitrogen and oxygen atoms in total. The van der Waals surface area contributed by atoms with Gasteiger partial charge in [0.2, 0.25) is 5.88 Å². The van der Waals surface area contributed by atoms with E-state index in [1.807, 2.05) is 0 Å². The van der Waals surface area contributed by atoms with Crippen molar-refractivity contribution < 1.29 is 32.2 Å². The summed E-state index contributed by atoms with van der Waals surface area (Å²) in [6, 6.07) is 13.9. The number of amides is 1. The van der Waals surface area contributed by atoms with Crippen LogP contribution in [0.25, 0.3) is 10.9 Å². The normalized spacial score (nSPS) is 13.2. The molecule has 0 bridgehead atoms. The van der Waals surface area contributed by atoms with Crippen LogP contribution in [-0.2, 0) is 14.8 Å². The molecule has 0 spiro atoms. The van der Waals surface area contributed by atoms with E-state index in [4.69, 9.17) is 9.47 Å². The highest BCUT2D eigenvalue weighted by Gasteiger charge is 2.29. The summed E-state index contributed by atoms with van der Waals surface area (Å²) in [7, 11) is -4.33. The summed E-state index contributed by atoms with van der Waals surface area (Å²) in [5, 5.41) is 18.2. The van der Waals surface area contributed by atoms with Crippen LogP contribution in [0.5, 0.6) is 17.4 Å². The Balaban J connectivity index is 1.48. The van der Waals surface area contributed by atoms with Gasteiger partial charge in [0.25, 0.3) is 15.9 Å². The van der Waals surface area contributed by atoms with E-state index < -0.39 is 28.3 Å². The van der Waals surface area contributed by atoms with Crippen molar-refractivity contribution in [3.8, 4) is 17.4 Å².